The molecule has 8 heteroatoms. The van der Waals surface area contributed by atoms with Gasteiger partial charge in [-0.2, -0.15) is 5.10 Å². The van der Waals surface area contributed by atoms with Crippen LogP contribution in [0.5, 0.6) is 5.88 Å². The highest BCUT2D eigenvalue weighted by Crippen LogP contribution is 2.28. The van der Waals surface area contributed by atoms with Gasteiger partial charge in [-0.3, -0.25) is 4.72 Å². The van der Waals surface area contributed by atoms with Gasteiger partial charge in [-0.1, -0.05) is 17.7 Å². The summed E-state index contributed by atoms with van der Waals surface area (Å²) in [7, 11) is 1.85. The van der Waals surface area contributed by atoms with Crippen LogP contribution in [0, 0.1) is 0 Å². The molecule has 6 nitrogen and oxygen atoms in total. The van der Waals surface area contributed by atoms with E-state index in [1.54, 1.807) is 43.4 Å². The highest BCUT2D eigenvalue weighted by molar-refractivity contribution is 7.86. The number of fused-ring (bicyclic) bond motifs is 1. The third-order valence-corrected chi connectivity index (χ3v) is 4.46. The van der Waals surface area contributed by atoms with Gasteiger partial charge in [0.05, 0.1) is 18.2 Å². The van der Waals surface area contributed by atoms with Gasteiger partial charge in [-0.05, 0) is 12.1 Å². The van der Waals surface area contributed by atoms with Gasteiger partial charge >= 0.3 is 0 Å². The van der Waals surface area contributed by atoms with Gasteiger partial charge < -0.3 is 9.72 Å². The van der Waals surface area contributed by atoms with Crippen LogP contribution in [-0.4, -0.2) is 26.1 Å². The van der Waals surface area contributed by atoms with Gasteiger partial charge in [0, 0.05) is 29.2 Å². The van der Waals surface area contributed by atoms with E-state index in [1.165, 1.54) is 0 Å². The molecule has 2 heterocycles. The lowest BCUT2D eigenvalue weighted by molar-refractivity contribution is 0.375. The predicted molar refractivity (Wildman–Crippen MR) is 83.1 cm³/mol. The normalized spacial score (nSPS) is 12.5. The van der Waals surface area contributed by atoms with Crippen molar-refractivity contribution in [2.75, 3.05) is 11.8 Å². The van der Waals surface area contributed by atoms with Gasteiger partial charge in [-0.25, -0.2) is 8.89 Å². The van der Waals surface area contributed by atoms with Crippen molar-refractivity contribution in [3.05, 3.63) is 35.6 Å². The first-order valence-corrected chi connectivity index (χ1v) is 7.64. The van der Waals surface area contributed by atoms with Gasteiger partial charge in [0.2, 0.25) is 5.88 Å². The summed E-state index contributed by atoms with van der Waals surface area (Å²) in [6.07, 6.45) is 3.27. The average Bonchev–Trinajstić information content (AvgIpc) is 3.02. The van der Waals surface area contributed by atoms with Crippen LogP contribution in [0.2, 0.25) is 5.02 Å². The molecule has 0 bridgehead atoms. The minimum absolute atomic E-state index is 0.520. The Balaban J connectivity index is 1.94. The maximum atomic E-state index is 12.5. The molecule has 0 fully saturated rings. The van der Waals surface area contributed by atoms with E-state index in [-0.39, 0.29) is 0 Å². The van der Waals surface area contributed by atoms with Crippen LogP contribution in [0.4, 0.5) is 5.69 Å². The number of benzene rings is 1. The van der Waals surface area contributed by atoms with Gasteiger partial charge in [0.25, 0.3) is 0 Å². The second-order valence-corrected chi connectivity index (χ2v) is 6.02. The molecule has 3 rings (SSSR count). The zero-order valence-corrected chi connectivity index (χ0v) is 13.0. The first-order chi connectivity index (χ1) is 10.1. The van der Waals surface area contributed by atoms with Crippen molar-refractivity contribution in [2.24, 2.45) is 7.05 Å². The standard InChI is InChI=1S/C13H13ClN4O2S/c1-18-13(20-2)11(6-16-18)17-21(19)12-7-15-10-5-8(14)3-4-9(10)12/h3-7,15,17H,1-2H3. The Morgan fingerprint density at radius 2 is 2.29 bits per heavy atom. The summed E-state index contributed by atoms with van der Waals surface area (Å²) in [5, 5.41) is 5.55. The van der Waals surface area contributed by atoms with Crippen LogP contribution in [0.1, 0.15) is 0 Å². The summed E-state index contributed by atoms with van der Waals surface area (Å²) in [5.41, 5.74) is 1.41. The Morgan fingerprint density at radius 1 is 1.48 bits per heavy atom. The molecule has 2 N–H and O–H groups in total. The molecule has 1 aromatic carbocycles. The molecule has 0 aliphatic rings. The number of hydrogen-bond donors (Lipinski definition) is 2. The number of ether oxygens (including phenoxy) is 1. The van der Waals surface area contributed by atoms with Crippen LogP contribution in [-0.2, 0) is 18.0 Å². The van der Waals surface area contributed by atoms with Gasteiger partial charge in [0.15, 0.2) is 11.0 Å². The zero-order chi connectivity index (χ0) is 15.0. The van der Waals surface area contributed by atoms with Gasteiger partial charge in [-0.15, -0.1) is 0 Å². The average molecular weight is 325 g/mol. The lowest BCUT2D eigenvalue weighted by Crippen LogP contribution is -2.05. The number of aromatic nitrogens is 3. The number of anilines is 1. The number of nitrogens with one attached hydrogen (secondary N) is 2. The summed E-state index contributed by atoms with van der Waals surface area (Å²) in [5.74, 6) is 0.520. The molecule has 21 heavy (non-hydrogen) atoms. The van der Waals surface area contributed by atoms with Crippen LogP contribution in [0.3, 0.4) is 0 Å². The Hall–Kier alpha value is -1.99. The fourth-order valence-corrected chi connectivity index (χ4v) is 3.28. The molecule has 0 saturated heterocycles. The molecule has 0 aliphatic heterocycles. The minimum atomic E-state index is -1.44. The maximum absolute atomic E-state index is 12.5. The number of H-pyrrole nitrogens is 1. The minimum Gasteiger partial charge on any atom is -0.480 e. The third kappa shape index (κ3) is 2.50. The van der Waals surface area contributed by atoms with Crippen molar-refractivity contribution < 1.29 is 8.95 Å². The van der Waals surface area contributed by atoms with E-state index in [9.17, 15) is 4.21 Å². The molecule has 1 atom stereocenters. The summed E-state index contributed by atoms with van der Waals surface area (Å²) in [6.45, 7) is 0. The Kier molecular flexibility index (Phi) is 3.60. The third-order valence-electron chi connectivity index (χ3n) is 3.09. The second kappa shape index (κ2) is 5.42. The van der Waals surface area contributed by atoms with Crippen LogP contribution < -0.4 is 9.46 Å². The predicted octanol–water partition coefficient (Wildman–Crippen LogP) is 2.70. The Labute approximate surface area is 128 Å². The summed E-state index contributed by atoms with van der Waals surface area (Å²) < 4.78 is 22.2. The number of methoxy groups -OCH3 is 1. The second-order valence-electron chi connectivity index (χ2n) is 4.40. The summed E-state index contributed by atoms with van der Waals surface area (Å²) >= 11 is 5.94. The largest absolute Gasteiger partial charge is 0.480 e. The molecule has 1 unspecified atom stereocenters. The van der Waals surface area contributed by atoms with Crippen molar-refractivity contribution in [1.82, 2.24) is 14.8 Å². The monoisotopic (exact) mass is 324 g/mol. The molecular weight excluding hydrogens is 312 g/mol. The highest BCUT2D eigenvalue weighted by atomic mass is 35.5. The molecule has 0 saturated carbocycles. The topological polar surface area (TPSA) is 71.9 Å². The first-order valence-electron chi connectivity index (χ1n) is 6.11. The van der Waals surface area contributed by atoms with E-state index in [2.05, 4.69) is 14.8 Å². The molecule has 0 amide bonds. The fraction of sp³-hybridized carbons (Fsp3) is 0.154. The zero-order valence-electron chi connectivity index (χ0n) is 11.4. The maximum Gasteiger partial charge on any atom is 0.236 e. The van der Waals surface area contributed by atoms with Crippen molar-refractivity contribution in [3.63, 3.8) is 0 Å². The van der Waals surface area contributed by atoms with Crippen LogP contribution in [0.15, 0.2) is 35.5 Å². The highest BCUT2D eigenvalue weighted by Gasteiger charge is 2.15. The lowest BCUT2D eigenvalue weighted by atomic mass is 10.2. The number of nitrogens with zero attached hydrogens (tertiary/aromatic N) is 2. The van der Waals surface area contributed by atoms with Gasteiger partial charge in [0.1, 0.15) is 5.69 Å². The van der Waals surface area contributed by atoms with Crippen molar-refractivity contribution in [2.45, 2.75) is 4.90 Å². The molecule has 0 aliphatic carbocycles. The van der Waals surface area contributed by atoms with Crippen molar-refractivity contribution in [3.8, 4) is 5.88 Å². The van der Waals surface area contributed by atoms with E-state index in [4.69, 9.17) is 16.3 Å². The molecule has 3 aromatic rings. The number of aryl methyl sites for hydroxylation is 1. The van der Waals surface area contributed by atoms with E-state index >= 15 is 0 Å². The number of halogens is 1. The lowest BCUT2D eigenvalue weighted by Gasteiger charge is -2.06. The van der Waals surface area contributed by atoms with Crippen molar-refractivity contribution in [1.29, 1.82) is 0 Å². The van der Waals surface area contributed by atoms with Crippen LogP contribution in [0.25, 0.3) is 10.9 Å². The van der Waals surface area contributed by atoms with E-state index in [1.807, 2.05) is 6.07 Å². The SMILES string of the molecule is COc1c(NS(=O)c2c[nH]c3cc(Cl)ccc23)cnn1C. The number of aromatic amines is 1. The molecular formula is C13H13ClN4O2S. The van der Waals surface area contributed by atoms with E-state index < -0.39 is 11.0 Å². The first kappa shape index (κ1) is 14.0. The Bertz CT molecular complexity index is 827. The van der Waals surface area contributed by atoms with Crippen LogP contribution >= 0.6 is 11.6 Å². The van der Waals surface area contributed by atoms with E-state index in [0.717, 1.165) is 10.9 Å². The number of hydrogen-bond acceptors (Lipinski definition) is 3. The summed E-state index contributed by atoms with van der Waals surface area (Å²) in [4.78, 5) is 3.71. The quantitative estimate of drug-likeness (QED) is 0.775. The molecule has 110 valence electrons. The smallest absolute Gasteiger partial charge is 0.236 e. The molecule has 2 aromatic heterocycles. The summed E-state index contributed by atoms with van der Waals surface area (Å²) in [6, 6.07) is 5.40. The fourth-order valence-electron chi connectivity index (χ4n) is 2.12. The van der Waals surface area contributed by atoms with Crippen molar-refractivity contribution >= 4 is 39.2 Å². The molecule has 0 radical (unpaired) electrons. The number of rotatable bonds is 4. The molecule has 0 spiro atoms. The van der Waals surface area contributed by atoms with E-state index in [0.29, 0.717) is 21.5 Å². The Morgan fingerprint density at radius 3 is 3.05 bits per heavy atom.